The number of rotatable bonds is 3. The van der Waals surface area contributed by atoms with Crippen LogP contribution < -0.4 is 0 Å². The molecule has 0 saturated carbocycles. The van der Waals surface area contributed by atoms with Crippen molar-refractivity contribution in [3.05, 3.63) is 34.9 Å². The lowest BCUT2D eigenvalue weighted by Gasteiger charge is -2.34. The van der Waals surface area contributed by atoms with Crippen LogP contribution in [0.2, 0.25) is 0 Å². The van der Waals surface area contributed by atoms with Gasteiger partial charge in [-0.15, -0.1) is 0 Å². The maximum absolute atomic E-state index is 11.9. The summed E-state index contributed by atoms with van der Waals surface area (Å²) in [6.45, 7) is 6.06. The second-order valence-corrected chi connectivity index (χ2v) is 5.44. The van der Waals surface area contributed by atoms with Crippen LogP contribution >= 0.6 is 0 Å². The van der Waals surface area contributed by atoms with Crippen molar-refractivity contribution in [2.45, 2.75) is 45.7 Å². The lowest BCUT2D eigenvalue weighted by molar-refractivity contribution is -0.148. The molecule has 1 aromatic carbocycles. The van der Waals surface area contributed by atoms with E-state index in [2.05, 4.69) is 36.9 Å². The van der Waals surface area contributed by atoms with E-state index in [1.54, 1.807) is 0 Å². The Morgan fingerprint density at radius 2 is 2.16 bits per heavy atom. The Kier molecular flexibility index (Phi) is 4.59. The van der Waals surface area contributed by atoms with E-state index >= 15 is 0 Å². The Labute approximate surface area is 115 Å². The molecule has 0 amide bonds. The summed E-state index contributed by atoms with van der Waals surface area (Å²) in [6.07, 6.45) is 3.19. The van der Waals surface area contributed by atoms with E-state index in [4.69, 9.17) is 4.74 Å². The average Bonchev–Trinajstić information content (AvgIpc) is 2.42. The molecule has 19 heavy (non-hydrogen) atoms. The topological polar surface area (TPSA) is 29.5 Å². The Bertz CT molecular complexity index is 456. The van der Waals surface area contributed by atoms with E-state index in [1.165, 1.54) is 30.2 Å². The number of ether oxygens (including phenoxy) is 1. The second kappa shape index (κ2) is 6.20. The summed E-state index contributed by atoms with van der Waals surface area (Å²) in [5, 5.41) is 0. The van der Waals surface area contributed by atoms with Crippen molar-refractivity contribution >= 4 is 5.97 Å². The molecule has 1 heterocycles. The van der Waals surface area contributed by atoms with Crippen molar-refractivity contribution in [3.8, 4) is 0 Å². The number of likely N-dealkylation sites (tertiary alicyclic amines) is 1. The predicted molar refractivity (Wildman–Crippen MR) is 76.0 cm³/mol. The SMILES string of the molecule is COC(=O)C1CCCCN1Cc1cc(C)ccc1C. The molecule has 1 fully saturated rings. The van der Waals surface area contributed by atoms with Gasteiger partial charge in [-0.3, -0.25) is 9.69 Å². The van der Waals surface area contributed by atoms with Crippen LogP contribution in [0.4, 0.5) is 0 Å². The van der Waals surface area contributed by atoms with Gasteiger partial charge in [0, 0.05) is 6.54 Å². The molecular weight excluding hydrogens is 238 g/mol. The van der Waals surface area contributed by atoms with E-state index in [-0.39, 0.29) is 12.0 Å². The molecule has 0 N–H and O–H groups in total. The van der Waals surface area contributed by atoms with Crippen molar-refractivity contribution in [3.63, 3.8) is 0 Å². The minimum atomic E-state index is -0.0926. The van der Waals surface area contributed by atoms with Crippen LogP contribution in [0.1, 0.15) is 36.0 Å². The normalized spacial score (nSPS) is 20.3. The lowest BCUT2D eigenvalue weighted by Crippen LogP contribution is -2.44. The second-order valence-electron chi connectivity index (χ2n) is 5.44. The number of methoxy groups -OCH3 is 1. The van der Waals surface area contributed by atoms with E-state index in [9.17, 15) is 4.79 Å². The molecule has 2 rings (SSSR count). The maximum atomic E-state index is 11.9. The molecule has 3 nitrogen and oxygen atoms in total. The number of benzene rings is 1. The van der Waals surface area contributed by atoms with E-state index in [1.807, 2.05) is 0 Å². The number of carbonyl (C=O) groups is 1. The fourth-order valence-electron chi connectivity index (χ4n) is 2.77. The summed E-state index contributed by atoms with van der Waals surface area (Å²) in [7, 11) is 1.48. The van der Waals surface area contributed by atoms with Gasteiger partial charge in [0.15, 0.2) is 0 Å². The number of esters is 1. The minimum Gasteiger partial charge on any atom is -0.468 e. The number of hydrogen-bond acceptors (Lipinski definition) is 3. The number of aryl methyl sites for hydroxylation is 2. The van der Waals surface area contributed by atoms with Gasteiger partial charge in [0.2, 0.25) is 0 Å². The summed E-state index contributed by atoms with van der Waals surface area (Å²) < 4.78 is 4.93. The molecule has 1 aliphatic heterocycles. The predicted octanol–water partition coefficient (Wildman–Crippen LogP) is 2.83. The van der Waals surface area contributed by atoms with Gasteiger partial charge in [0.1, 0.15) is 6.04 Å². The summed E-state index contributed by atoms with van der Waals surface area (Å²) in [5.74, 6) is -0.0926. The third kappa shape index (κ3) is 3.35. The molecule has 0 aliphatic carbocycles. The first kappa shape index (κ1) is 14.1. The van der Waals surface area contributed by atoms with Gasteiger partial charge in [-0.05, 0) is 44.4 Å². The fraction of sp³-hybridized carbons (Fsp3) is 0.562. The van der Waals surface area contributed by atoms with Gasteiger partial charge in [-0.25, -0.2) is 0 Å². The summed E-state index contributed by atoms with van der Waals surface area (Å²) in [5.41, 5.74) is 3.88. The van der Waals surface area contributed by atoms with Gasteiger partial charge in [0.25, 0.3) is 0 Å². The molecule has 1 unspecified atom stereocenters. The Balaban J connectivity index is 2.15. The first-order valence-corrected chi connectivity index (χ1v) is 7.00. The summed E-state index contributed by atoms with van der Waals surface area (Å²) in [4.78, 5) is 14.1. The molecule has 1 saturated heterocycles. The van der Waals surface area contributed by atoms with Crippen molar-refractivity contribution in [2.75, 3.05) is 13.7 Å². The molecule has 1 aliphatic rings. The molecule has 3 heteroatoms. The van der Waals surface area contributed by atoms with E-state index in [0.717, 1.165) is 25.9 Å². The number of carbonyl (C=O) groups excluding carboxylic acids is 1. The van der Waals surface area contributed by atoms with Gasteiger partial charge in [-0.2, -0.15) is 0 Å². The van der Waals surface area contributed by atoms with E-state index in [0.29, 0.717) is 0 Å². The van der Waals surface area contributed by atoms with Crippen LogP contribution in [0.15, 0.2) is 18.2 Å². The molecular formula is C16H23NO2. The molecule has 104 valence electrons. The monoisotopic (exact) mass is 261 g/mol. The Hall–Kier alpha value is -1.35. The first-order chi connectivity index (χ1) is 9.11. The standard InChI is InChI=1S/C16H23NO2/c1-12-7-8-13(2)14(10-12)11-17-9-5-4-6-15(17)16(18)19-3/h7-8,10,15H,4-6,9,11H2,1-3H3. The van der Waals surface area contributed by atoms with Crippen molar-refractivity contribution in [1.29, 1.82) is 0 Å². The highest BCUT2D eigenvalue weighted by Gasteiger charge is 2.29. The van der Waals surface area contributed by atoms with Crippen LogP contribution in [0.5, 0.6) is 0 Å². The molecule has 1 atom stereocenters. The van der Waals surface area contributed by atoms with Gasteiger partial charge >= 0.3 is 5.97 Å². The number of hydrogen-bond donors (Lipinski definition) is 0. The highest BCUT2D eigenvalue weighted by molar-refractivity contribution is 5.75. The molecule has 0 radical (unpaired) electrons. The fourth-order valence-corrected chi connectivity index (χ4v) is 2.77. The maximum Gasteiger partial charge on any atom is 0.323 e. The molecule has 0 aromatic heterocycles. The first-order valence-electron chi connectivity index (χ1n) is 7.00. The van der Waals surface area contributed by atoms with Crippen LogP contribution in [0.3, 0.4) is 0 Å². The largest absolute Gasteiger partial charge is 0.468 e. The summed E-state index contributed by atoms with van der Waals surface area (Å²) in [6, 6.07) is 6.44. The van der Waals surface area contributed by atoms with Crippen LogP contribution in [0.25, 0.3) is 0 Å². The van der Waals surface area contributed by atoms with Crippen LogP contribution in [-0.2, 0) is 16.1 Å². The third-order valence-corrected chi connectivity index (χ3v) is 3.96. The summed E-state index contributed by atoms with van der Waals surface area (Å²) >= 11 is 0. The highest BCUT2D eigenvalue weighted by atomic mass is 16.5. The zero-order valence-corrected chi connectivity index (χ0v) is 12.1. The van der Waals surface area contributed by atoms with Crippen LogP contribution in [-0.4, -0.2) is 30.6 Å². The minimum absolute atomic E-state index is 0.0707. The number of piperidine rings is 1. The van der Waals surface area contributed by atoms with Gasteiger partial charge < -0.3 is 4.74 Å². The smallest absolute Gasteiger partial charge is 0.323 e. The molecule has 0 spiro atoms. The van der Waals surface area contributed by atoms with Crippen molar-refractivity contribution in [1.82, 2.24) is 4.90 Å². The Morgan fingerprint density at radius 1 is 1.37 bits per heavy atom. The zero-order valence-electron chi connectivity index (χ0n) is 12.1. The molecule has 1 aromatic rings. The van der Waals surface area contributed by atoms with Gasteiger partial charge in [-0.1, -0.05) is 30.2 Å². The third-order valence-electron chi connectivity index (χ3n) is 3.96. The lowest BCUT2D eigenvalue weighted by atomic mass is 9.99. The van der Waals surface area contributed by atoms with E-state index < -0.39 is 0 Å². The van der Waals surface area contributed by atoms with Crippen molar-refractivity contribution in [2.24, 2.45) is 0 Å². The van der Waals surface area contributed by atoms with Gasteiger partial charge in [0.05, 0.1) is 7.11 Å². The zero-order chi connectivity index (χ0) is 13.8. The number of nitrogens with zero attached hydrogens (tertiary/aromatic N) is 1. The van der Waals surface area contributed by atoms with Crippen LogP contribution in [0, 0.1) is 13.8 Å². The average molecular weight is 261 g/mol. The Morgan fingerprint density at radius 3 is 2.89 bits per heavy atom. The molecule has 0 bridgehead atoms. The highest BCUT2D eigenvalue weighted by Crippen LogP contribution is 2.22. The van der Waals surface area contributed by atoms with Crippen molar-refractivity contribution < 1.29 is 9.53 Å². The quantitative estimate of drug-likeness (QED) is 0.784.